The molecule has 4 heteroatoms. The zero-order valence-electron chi connectivity index (χ0n) is 28.5. The van der Waals surface area contributed by atoms with Crippen LogP contribution >= 0.6 is 11.3 Å². The summed E-state index contributed by atoms with van der Waals surface area (Å²) in [6.45, 7) is 0. The van der Waals surface area contributed by atoms with Gasteiger partial charge >= 0.3 is 0 Å². The number of benzene rings is 9. The minimum Gasteiger partial charge on any atom is -0.208 e. The average Bonchev–Trinajstić information content (AvgIpc) is 3.64. The molecule has 0 N–H and O–H groups in total. The highest BCUT2D eigenvalue weighted by Crippen LogP contribution is 2.46. The topological polar surface area (TPSA) is 38.7 Å². The van der Waals surface area contributed by atoms with Crippen LogP contribution in [0.2, 0.25) is 0 Å². The van der Waals surface area contributed by atoms with E-state index in [2.05, 4.69) is 115 Å². The lowest BCUT2D eigenvalue weighted by Crippen LogP contribution is -2.00. The fraction of sp³-hybridized carbons (Fsp3) is 0. The van der Waals surface area contributed by atoms with Crippen LogP contribution in [0.5, 0.6) is 0 Å². The minimum absolute atomic E-state index is 0.653. The van der Waals surface area contributed by atoms with Crippen LogP contribution in [0.4, 0.5) is 0 Å². The van der Waals surface area contributed by atoms with Crippen LogP contribution in [0.3, 0.4) is 0 Å². The fourth-order valence-corrected chi connectivity index (χ4v) is 9.21. The van der Waals surface area contributed by atoms with Gasteiger partial charge in [0.05, 0.1) is 0 Å². The number of rotatable bonds is 4. The van der Waals surface area contributed by atoms with Crippen molar-refractivity contribution in [2.45, 2.75) is 0 Å². The Kier molecular flexibility index (Phi) is 6.73. The van der Waals surface area contributed by atoms with Gasteiger partial charge in [-0.3, -0.25) is 0 Å². The van der Waals surface area contributed by atoms with Gasteiger partial charge in [0.2, 0.25) is 0 Å². The monoisotopic (exact) mass is 691 g/mol. The molecule has 0 aliphatic heterocycles. The van der Waals surface area contributed by atoms with Gasteiger partial charge in [-0.25, -0.2) is 15.0 Å². The number of hydrogen-bond acceptors (Lipinski definition) is 4. The normalized spacial score (nSPS) is 11.8. The Morgan fingerprint density at radius 1 is 0.302 bits per heavy atom. The third-order valence-electron chi connectivity index (χ3n) is 10.5. The molecule has 0 spiro atoms. The predicted octanol–water partition coefficient (Wildman–Crippen LogP) is 13.5. The van der Waals surface area contributed by atoms with Crippen LogP contribution in [0.1, 0.15) is 0 Å². The second-order valence-corrected chi connectivity index (χ2v) is 14.6. The summed E-state index contributed by atoms with van der Waals surface area (Å²) in [5.41, 5.74) is 5.19. The number of hydrogen-bond donors (Lipinski definition) is 0. The Labute approximate surface area is 309 Å². The van der Waals surface area contributed by atoms with Crippen molar-refractivity contribution in [1.29, 1.82) is 0 Å². The third kappa shape index (κ3) is 4.84. The lowest BCUT2D eigenvalue weighted by molar-refractivity contribution is 1.07. The van der Waals surface area contributed by atoms with E-state index in [1.54, 1.807) is 0 Å². The second kappa shape index (κ2) is 11.9. The van der Waals surface area contributed by atoms with E-state index in [-0.39, 0.29) is 0 Å². The fourth-order valence-electron chi connectivity index (χ4n) is 7.97. The molecule has 0 saturated heterocycles. The molecular formula is C49H29N3S. The number of nitrogens with zero attached hydrogens (tertiary/aromatic N) is 3. The molecule has 0 bridgehead atoms. The van der Waals surface area contributed by atoms with Gasteiger partial charge in [-0.05, 0) is 66.3 Å². The first-order chi connectivity index (χ1) is 26.3. The van der Waals surface area contributed by atoms with E-state index in [0.717, 1.165) is 22.3 Å². The molecule has 3 nitrogen and oxygen atoms in total. The maximum atomic E-state index is 4.94. The van der Waals surface area contributed by atoms with Gasteiger partial charge in [0.25, 0.3) is 0 Å². The van der Waals surface area contributed by atoms with Crippen LogP contribution in [0.15, 0.2) is 176 Å². The Morgan fingerprint density at radius 2 is 0.792 bits per heavy atom. The molecule has 0 fully saturated rings. The summed E-state index contributed by atoms with van der Waals surface area (Å²) in [4.78, 5) is 14.7. The Balaban J connectivity index is 1.05. The van der Waals surface area contributed by atoms with Gasteiger partial charge in [0, 0.05) is 36.9 Å². The summed E-state index contributed by atoms with van der Waals surface area (Å²) in [5.74, 6) is 1.97. The molecule has 2 heterocycles. The summed E-state index contributed by atoms with van der Waals surface area (Å²) in [5, 5.41) is 13.0. The third-order valence-corrected chi connectivity index (χ3v) is 11.7. The van der Waals surface area contributed by atoms with Crippen molar-refractivity contribution in [3.05, 3.63) is 176 Å². The maximum absolute atomic E-state index is 4.94. The van der Waals surface area contributed by atoms with Crippen molar-refractivity contribution in [3.63, 3.8) is 0 Å². The summed E-state index contributed by atoms with van der Waals surface area (Å²) < 4.78 is 2.69. The lowest BCUT2D eigenvalue weighted by Gasteiger charge is -2.13. The smallest absolute Gasteiger partial charge is 0.164 e. The van der Waals surface area contributed by atoms with Crippen molar-refractivity contribution in [2.75, 3.05) is 0 Å². The summed E-state index contributed by atoms with van der Waals surface area (Å²) in [6, 6.07) is 62.7. The van der Waals surface area contributed by atoms with Crippen LogP contribution < -0.4 is 0 Å². The predicted molar refractivity (Wildman–Crippen MR) is 224 cm³/mol. The van der Waals surface area contributed by atoms with Gasteiger partial charge in [0.15, 0.2) is 17.5 Å². The van der Waals surface area contributed by atoms with Gasteiger partial charge < -0.3 is 0 Å². The highest BCUT2D eigenvalue weighted by molar-refractivity contribution is 7.27. The molecule has 0 radical (unpaired) electrons. The molecule has 0 amide bonds. The van der Waals surface area contributed by atoms with Crippen LogP contribution in [-0.2, 0) is 0 Å². The van der Waals surface area contributed by atoms with E-state index >= 15 is 0 Å². The van der Waals surface area contributed by atoms with Crippen molar-refractivity contribution < 1.29 is 0 Å². The highest BCUT2D eigenvalue weighted by atomic mass is 32.1. The Morgan fingerprint density at radius 3 is 1.49 bits per heavy atom. The maximum Gasteiger partial charge on any atom is 0.164 e. The molecule has 53 heavy (non-hydrogen) atoms. The number of aromatic nitrogens is 3. The first-order valence-electron chi connectivity index (χ1n) is 17.9. The standard InChI is InChI=1S/C49H29N3S/c1-3-12-32(13-4-1)47-50-48(33-14-5-2-6-15-33)52-49(51-47)34-21-19-30(20-22-34)35-24-25-38-40-27-28-43-45(44(40)39-18-10-9-17-37(39)42(38)29-35)41-26-23-31-11-7-8-16-36(31)46(41)53-43/h1-29H. The molecule has 0 saturated carbocycles. The SMILES string of the molecule is c1ccc(-c2nc(-c3ccccc3)nc(-c3ccc(-c4ccc5c(c4)c4ccccc4c4c5ccc5sc6c7ccccc7ccc6c54)cc3)n2)cc1. The first-order valence-corrected chi connectivity index (χ1v) is 18.7. The zero-order valence-corrected chi connectivity index (χ0v) is 29.3. The van der Waals surface area contributed by atoms with Crippen LogP contribution in [-0.4, -0.2) is 15.0 Å². The van der Waals surface area contributed by atoms with E-state index in [4.69, 9.17) is 15.0 Å². The number of thiophene rings is 1. The zero-order chi connectivity index (χ0) is 34.9. The van der Waals surface area contributed by atoms with Crippen molar-refractivity contribution in [2.24, 2.45) is 0 Å². The second-order valence-electron chi connectivity index (χ2n) is 13.5. The molecular weight excluding hydrogens is 663 g/mol. The molecule has 2 aromatic heterocycles. The molecule has 246 valence electrons. The van der Waals surface area contributed by atoms with E-state index in [0.29, 0.717) is 17.5 Å². The van der Waals surface area contributed by atoms with Crippen LogP contribution in [0.25, 0.3) is 109 Å². The average molecular weight is 692 g/mol. The van der Waals surface area contributed by atoms with Crippen molar-refractivity contribution in [3.8, 4) is 45.3 Å². The van der Waals surface area contributed by atoms with Crippen molar-refractivity contribution in [1.82, 2.24) is 15.0 Å². The summed E-state index contributed by atoms with van der Waals surface area (Å²) in [6.07, 6.45) is 0. The Hall–Kier alpha value is -6.75. The van der Waals surface area contributed by atoms with Gasteiger partial charge in [0.1, 0.15) is 0 Å². The minimum atomic E-state index is 0.653. The molecule has 0 aliphatic carbocycles. The van der Waals surface area contributed by atoms with E-state index < -0.39 is 0 Å². The van der Waals surface area contributed by atoms with Crippen molar-refractivity contribution >= 4 is 74.6 Å². The Bertz CT molecular complexity index is 3130. The largest absolute Gasteiger partial charge is 0.208 e. The summed E-state index contributed by atoms with van der Waals surface area (Å²) in [7, 11) is 0. The van der Waals surface area contributed by atoms with Gasteiger partial charge in [-0.2, -0.15) is 0 Å². The van der Waals surface area contributed by atoms with Crippen LogP contribution in [0, 0.1) is 0 Å². The first kappa shape index (κ1) is 29.9. The number of fused-ring (bicyclic) bond motifs is 12. The summed E-state index contributed by atoms with van der Waals surface area (Å²) >= 11 is 1.91. The molecule has 11 rings (SSSR count). The van der Waals surface area contributed by atoms with E-state index in [1.807, 2.05) is 72.0 Å². The highest BCUT2D eigenvalue weighted by Gasteiger charge is 2.17. The van der Waals surface area contributed by atoms with Gasteiger partial charge in [-0.1, -0.05) is 164 Å². The van der Waals surface area contributed by atoms with E-state index in [9.17, 15) is 0 Å². The molecule has 0 unspecified atom stereocenters. The van der Waals surface area contributed by atoms with E-state index in [1.165, 1.54) is 68.8 Å². The molecule has 0 atom stereocenters. The molecule has 11 aromatic rings. The molecule has 0 aliphatic rings. The molecule has 9 aromatic carbocycles. The van der Waals surface area contributed by atoms with Gasteiger partial charge in [-0.15, -0.1) is 11.3 Å². The lowest BCUT2D eigenvalue weighted by atomic mass is 9.90. The quantitative estimate of drug-likeness (QED) is 0.172.